The van der Waals surface area contributed by atoms with Gasteiger partial charge in [-0.25, -0.2) is 0 Å². The highest BCUT2D eigenvalue weighted by molar-refractivity contribution is 5.33. The number of aliphatic hydroxyl groups excluding tert-OH is 2. The molecular formula is C11H15NO5. The van der Waals surface area contributed by atoms with Gasteiger partial charge in [-0.05, 0) is 5.56 Å². The lowest BCUT2D eigenvalue weighted by atomic mass is 10.1. The van der Waals surface area contributed by atoms with E-state index >= 15 is 0 Å². The van der Waals surface area contributed by atoms with Crippen LogP contribution in [-0.2, 0) is 11.2 Å². The van der Waals surface area contributed by atoms with Crippen molar-refractivity contribution in [2.45, 2.75) is 12.5 Å². The minimum atomic E-state index is -0.678. The standard InChI is InChI=1S/C11H15NO5/c13-5-6-17-8-11(14)7-9-1-3-10(4-2-9)12(15)16/h1-4,11,13-14H,5-8H2. The molecule has 94 valence electrons. The number of nitro groups is 1. The first-order valence-corrected chi connectivity index (χ1v) is 5.23. The molecule has 0 aliphatic heterocycles. The summed E-state index contributed by atoms with van der Waals surface area (Å²) in [4.78, 5) is 9.95. The molecule has 0 radical (unpaired) electrons. The van der Waals surface area contributed by atoms with Crippen molar-refractivity contribution in [2.75, 3.05) is 19.8 Å². The minimum Gasteiger partial charge on any atom is -0.394 e. The van der Waals surface area contributed by atoms with Crippen LogP contribution in [0.2, 0.25) is 0 Å². The Kier molecular flexibility index (Phi) is 5.55. The van der Waals surface area contributed by atoms with Crippen LogP contribution < -0.4 is 0 Å². The maximum absolute atomic E-state index is 10.4. The van der Waals surface area contributed by atoms with E-state index in [0.29, 0.717) is 6.42 Å². The summed E-state index contributed by atoms with van der Waals surface area (Å²) in [5, 5.41) is 28.5. The Bertz CT molecular complexity index is 351. The summed E-state index contributed by atoms with van der Waals surface area (Å²) in [5.74, 6) is 0. The monoisotopic (exact) mass is 241 g/mol. The summed E-state index contributed by atoms with van der Waals surface area (Å²) in [5.41, 5.74) is 0.829. The van der Waals surface area contributed by atoms with Crippen LogP contribution in [0.5, 0.6) is 0 Å². The van der Waals surface area contributed by atoms with E-state index in [9.17, 15) is 15.2 Å². The van der Waals surface area contributed by atoms with Crippen LogP contribution in [0.25, 0.3) is 0 Å². The van der Waals surface area contributed by atoms with Gasteiger partial charge in [0.15, 0.2) is 0 Å². The number of benzene rings is 1. The molecule has 0 spiro atoms. The van der Waals surface area contributed by atoms with Crippen LogP contribution >= 0.6 is 0 Å². The molecule has 0 saturated heterocycles. The molecular weight excluding hydrogens is 226 g/mol. The Hall–Kier alpha value is -1.50. The van der Waals surface area contributed by atoms with Crippen molar-refractivity contribution >= 4 is 5.69 Å². The number of nitro benzene ring substituents is 1. The molecule has 2 N–H and O–H groups in total. The first-order valence-electron chi connectivity index (χ1n) is 5.23. The number of hydrogen-bond acceptors (Lipinski definition) is 5. The molecule has 0 amide bonds. The highest BCUT2D eigenvalue weighted by Gasteiger charge is 2.08. The summed E-state index contributed by atoms with van der Waals surface area (Å²) >= 11 is 0. The predicted octanol–water partition coefficient (Wildman–Crippen LogP) is 0.507. The van der Waals surface area contributed by atoms with Gasteiger partial charge in [-0.1, -0.05) is 12.1 Å². The third-order valence-corrected chi connectivity index (χ3v) is 2.16. The van der Waals surface area contributed by atoms with Crippen LogP contribution in [0.4, 0.5) is 5.69 Å². The molecule has 1 atom stereocenters. The van der Waals surface area contributed by atoms with E-state index in [1.807, 2.05) is 0 Å². The lowest BCUT2D eigenvalue weighted by Gasteiger charge is -2.10. The van der Waals surface area contributed by atoms with Crippen molar-refractivity contribution in [1.82, 2.24) is 0 Å². The first kappa shape index (κ1) is 13.6. The molecule has 1 rings (SSSR count). The Labute approximate surface area is 98.6 Å². The molecule has 0 saturated carbocycles. The van der Waals surface area contributed by atoms with E-state index in [1.54, 1.807) is 12.1 Å². The second kappa shape index (κ2) is 6.95. The minimum absolute atomic E-state index is 0.0276. The molecule has 0 fully saturated rings. The molecule has 1 aromatic carbocycles. The molecule has 1 unspecified atom stereocenters. The summed E-state index contributed by atoms with van der Waals surface area (Å²) < 4.78 is 4.97. The number of aliphatic hydroxyl groups is 2. The maximum Gasteiger partial charge on any atom is 0.269 e. The first-order chi connectivity index (χ1) is 8.13. The van der Waals surface area contributed by atoms with Gasteiger partial charge in [0.2, 0.25) is 0 Å². The fourth-order valence-electron chi connectivity index (χ4n) is 1.37. The molecule has 0 aliphatic rings. The Morgan fingerprint density at radius 3 is 2.53 bits per heavy atom. The molecule has 6 nitrogen and oxygen atoms in total. The van der Waals surface area contributed by atoms with Crippen LogP contribution in [0.3, 0.4) is 0 Å². The van der Waals surface area contributed by atoms with Crippen molar-refractivity contribution in [3.05, 3.63) is 39.9 Å². The third kappa shape index (κ3) is 4.90. The Morgan fingerprint density at radius 1 is 1.35 bits per heavy atom. The van der Waals surface area contributed by atoms with Gasteiger partial charge < -0.3 is 14.9 Å². The SMILES string of the molecule is O=[N+]([O-])c1ccc(CC(O)COCCO)cc1. The number of nitrogens with zero attached hydrogens (tertiary/aromatic N) is 1. The normalized spacial score (nSPS) is 12.4. The Morgan fingerprint density at radius 2 is 2.00 bits per heavy atom. The van der Waals surface area contributed by atoms with E-state index in [0.717, 1.165) is 5.56 Å². The fraction of sp³-hybridized carbons (Fsp3) is 0.455. The highest BCUT2D eigenvalue weighted by atomic mass is 16.6. The summed E-state index contributed by atoms with van der Waals surface area (Å²) in [6.45, 7) is 0.249. The summed E-state index contributed by atoms with van der Waals surface area (Å²) in [6, 6.07) is 6.01. The van der Waals surface area contributed by atoms with E-state index in [2.05, 4.69) is 0 Å². The second-order valence-electron chi connectivity index (χ2n) is 3.58. The van der Waals surface area contributed by atoms with Gasteiger partial charge in [0, 0.05) is 18.6 Å². The van der Waals surface area contributed by atoms with Gasteiger partial charge in [0.25, 0.3) is 5.69 Å². The number of ether oxygens (including phenoxy) is 1. The Balaban J connectivity index is 2.43. The van der Waals surface area contributed by atoms with Gasteiger partial charge >= 0.3 is 0 Å². The van der Waals surface area contributed by atoms with Crippen molar-refractivity contribution in [3.63, 3.8) is 0 Å². The van der Waals surface area contributed by atoms with Gasteiger partial charge in [-0.15, -0.1) is 0 Å². The zero-order valence-electron chi connectivity index (χ0n) is 9.28. The van der Waals surface area contributed by atoms with Crippen molar-refractivity contribution < 1.29 is 19.9 Å². The van der Waals surface area contributed by atoms with Crippen molar-refractivity contribution in [1.29, 1.82) is 0 Å². The zero-order valence-corrected chi connectivity index (χ0v) is 9.28. The number of rotatable bonds is 7. The van der Waals surface area contributed by atoms with Crippen molar-refractivity contribution in [3.8, 4) is 0 Å². The highest BCUT2D eigenvalue weighted by Crippen LogP contribution is 2.13. The average Bonchev–Trinajstić information content (AvgIpc) is 2.30. The molecule has 0 heterocycles. The van der Waals surface area contributed by atoms with E-state index in [4.69, 9.17) is 9.84 Å². The van der Waals surface area contributed by atoms with E-state index < -0.39 is 11.0 Å². The fourth-order valence-corrected chi connectivity index (χ4v) is 1.37. The smallest absolute Gasteiger partial charge is 0.269 e. The average molecular weight is 241 g/mol. The topological polar surface area (TPSA) is 92.8 Å². The lowest BCUT2D eigenvalue weighted by molar-refractivity contribution is -0.384. The predicted molar refractivity (Wildman–Crippen MR) is 60.7 cm³/mol. The van der Waals surface area contributed by atoms with Crippen LogP contribution in [0.1, 0.15) is 5.56 Å². The van der Waals surface area contributed by atoms with Crippen LogP contribution in [-0.4, -0.2) is 41.1 Å². The number of non-ortho nitro benzene ring substituents is 1. The van der Waals surface area contributed by atoms with Gasteiger partial charge in [-0.2, -0.15) is 0 Å². The molecule has 0 aliphatic carbocycles. The summed E-state index contributed by atoms with van der Waals surface area (Å²) in [6.07, 6.45) is -0.313. The van der Waals surface area contributed by atoms with Crippen molar-refractivity contribution in [2.24, 2.45) is 0 Å². The molecule has 1 aromatic rings. The van der Waals surface area contributed by atoms with E-state index in [1.165, 1.54) is 12.1 Å². The largest absolute Gasteiger partial charge is 0.394 e. The molecule has 0 aromatic heterocycles. The maximum atomic E-state index is 10.4. The van der Waals surface area contributed by atoms with E-state index in [-0.39, 0.29) is 25.5 Å². The second-order valence-corrected chi connectivity index (χ2v) is 3.58. The summed E-state index contributed by atoms with van der Waals surface area (Å²) in [7, 11) is 0. The third-order valence-electron chi connectivity index (χ3n) is 2.16. The molecule has 17 heavy (non-hydrogen) atoms. The van der Waals surface area contributed by atoms with Gasteiger partial charge in [0.05, 0.1) is 30.8 Å². The van der Waals surface area contributed by atoms with Crippen LogP contribution in [0, 0.1) is 10.1 Å². The zero-order chi connectivity index (χ0) is 12.7. The number of hydrogen-bond donors (Lipinski definition) is 2. The van der Waals surface area contributed by atoms with Crippen LogP contribution in [0.15, 0.2) is 24.3 Å². The lowest BCUT2D eigenvalue weighted by Crippen LogP contribution is -2.19. The molecule has 6 heteroatoms. The van der Waals surface area contributed by atoms with Gasteiger partial charge in [-0.3, -0.25) is 10.1 Å². The van der Waals surface area contributed by atoms with Gasteiger partial charge in [0.1, 0.15) is 0 Å². The molecule has 0 bridgehead atoms. The quantitative estimate of drug-likeness (QED) is 0.412.